The van der Waals surface area contributed by atoms with E-state index >= 15 is 0 Å². The Morgan fingerprint density at radius 1 is 1.20 bits per heavy atom. The molecule has 0 bridgehead atoms. The van der Waals surface area contributed by atoms with Crippen LogP contribution in [-0.4, -0.2) is 25.7 Å². The van der Waals surface area contributed by atoms with E-state index in [2.05, 4.69) is 19.9 Å². The van der Waals surface area contributed by atoms with Crippen LogP contribution in [0.25, 0.3) is 11.2 Å². The number of H-pyrrole nitrogens is 1. The summed E-state index contributed by atoms with van der Waals surface area (Å²) < 4.78 is 5.72. The fraction of sp³-hybridized carbons (Fsp3) is 0.235. The lowest BCUT2D eigenvalue weighted by Crippen LogP contribution is -2.18. The Labute approximate surface area is 143 Å². The summed E-state index contributed by atoms with van der Waals surface area (Å²) in [6.07, 6.45) is 0.473. The fourth-order valence-electron chi connectivity index (χ4n) is 2.29. The molecule has 3 aromatic rings. The molecule has 0 unspecified atom stereocenters. The predicted octanol–water partition coefficient (Wildman–Crippen LogP) is 1.40. The average molecular weight is 339 g/mol. The van der Waals surface area contributed by atoms with Gasteiger partial charge in [-0.2, -0.15) is 9.97 Å². The van der Waals surface area contributed by atoms with Crippen LogP contribution in [0.15, 0.2) is 35.1 Å². The number of nitrogens with zero attached hydrogens (tertiary/aromatic N) is 3. The lowest BCUT2D eigenvalue weighted by Gasteiger charge is -2.09. The van der Waals surface area contributed by atoms with Crippen molar-refractivity contribution in [2.75, 3.05) is 5.73 Å². The molecule has 0 aliphatic rings. The molecule has 2 aromatic heterocycles. The van der Waals surface area contributed by atoms with Crippen LogP contribution in [0.4, 0.5) is 5.95 Å². The normalized spacial score (nSPS) is 10.8. The number of benzene rings is 1. The Balaban J connectivity index is 1.96. The van der Waals surface area contributed by atoms with E-state index in [0.29, 0.717) is 5.52 Å². The number of ketones is 1. The van der Waals surface area contributed by atoms with E-state index in [-0.39, 0.29) is 48.4 Å². The van der Waals surface area contributed by atoms with Gasteiger partial charge in [0, 0.05) is 12.8 Å². The number of nitrogens with one attached hydrogen (secondary N) is 1. The third-order valence-electron chi connectivity index (χ3n) is 3.54. The van der Waals surface area contributed by atoms with Gasteiger partial charge in [-0.1, -0.05) is 30.3 Å². The molecule has 0 aliphatic carbocycles. The van der Waals surface area contributed by atoms with Crippen molar-refractivity contribution in [1.82, 2.24) is 19.9 Å². The van der Waals surface area contributed by atoms with Crippen LogP contribution < -0.4 is 16.0 Å². The molecule has 0 spiro atoms. The zero-order chi connectivity index (χ0) is 17.8. The number of rotatable bonds is 6. The van der Waals surface area contributed by atoms with E-state index in [1.54, 1.807) is 0 Å². The van der Waals surface area contributed by atoms with Crippen LogP contribution in [0.3, 0.4) is 0 Å². The number of hydrogen-bond acceptors (Lipinski definition) is 7. The molecule has 2 heterocycles. The largest absolute Gasteiger partial charge is 0.471 e. The minimum Gasteiger partial charge on any atom is -0.471 e. The second-order valence-electron chi connectivity index (χ2n) is 5.57. The number of fused-ring (bicyclic) bond motifs is 1. The van der Waals surface area contributed by atoms with Crippen LogP contribution in [-0.2, 0) is 17.8 Å². The van der Waals surface area contributed by atoms with Crippen molar-refractivity contribution in [3.63, 3.8) is 0 Å². The number of Topliss-reactive ketones (excluding diaryl/α,β-unsaturated/α-hetero) is 1. The number of nitrogens with two attached hydrogens (primary N) is 1. The molecule has 3 N–H and O–H groups in total. The smallest absolute Gasteiger partial charge is 0.271 e. The third-order valence-corrected chi connectivity index (χ3v) is 3.54. The highest BCUT2D eigenvalue weighted by Gasteiger charge is 2.14. The quantitative estimate of drug-likeness (QED) is 0.695. The molecule has 1 aromatic carbocycles. The first-order chi connectivity index (χ1) is 12.0. The first-order valence-electron chi connectivity index (χ1n) is 7.75. The Kier molecular flexibility index (Phi) is 4.69. The van der Waals surface area contributed by atoms with Crippen LogP contribution >= 0.6 is 0 Å². The van der Waals surface area contributed by atoms with Crippen molar-refractivity contribution in [2.24, 2.45) is 0 Å². The molecule has 0 amide bonds. The molecule has 0 saturated carbocycles. The molecule has 0 fully saturated rings. The van der Waals surface area contributed by atoms with Gasteiger partial charge in [-0.15, -0.1) is 0 Å². The number of carbonyl (C=O) groups excluding carboxylic acids is 1. The van der Waals surface area contributed by atoms with Gasteiger partial charge in [0.25, 0.3) is 5.56 Å². The van der Waals surface area contributed by atoms with E-state index in [4.69, 9.17) is 10.5 Å². The highest BCUT2D eigenvalue weighted by Crippen LogP contribution is 2.20. The highest BCUT2D eigenvalue weighted by molar-refractivity contribution is 5.77. The maximum atomic E-state index is 12.1. The molecule has 0 aliphatic heterocycles. The Bertz CT molecular complexity index is 969. The second kappa shape index (κ2) is 7.08. The summed E-state index contributed by atoms with van der Waals surface area (Å²) in [7, 11) is 0. The van der Waals surface area contributed by atoms with Crippen molar-refractivity contribution >= 4 is 22.9 Å². The Morgan fingerprint density at radius 2 is 1.96 bits per heavy atom. The van der Waals surface area contributed by atoms with Crippen LogP contribution in [0.2, 0.25) is 0 Å². The SMILES string of the molecule is CC(=O)CCc1nc2c(OCc3ccccc3)nc(N)nc2[nH]c1=O. The number of aromatic amines is 1. The summed E-state index contributed by atoms with van der Waals surface area (Å²) in [5, 5.41) is 0. The van der Waals surface area contributed by atoms with E-state index in [0.717, 1.165) is 5.56 Å². The maximum Gasteiger partial charge on any atom is 0.271 e. The summed E-state index contributed by atoms with van der Waals surface area (Å²) in [6, 6.07) is 9.55. The van der Waals surface area contributed by atoms with Crippen molar-refractivity contribution in [1.29, 1.82) is 0 Å². The number of aryl methyl sites for hydroxylation is 1. The molecular formula is C17H17N5O3. The van der Waals surface area contributed by atoms with Crippen LogP contribution in [0.1, 0.15) is 24.6 Å². The number of aromatic nitrogens is 4. The van der Waals surface area contributed by atoms with Gasteiger partial charge in [-0.25, -0.2) is 4.98 Å². The van der Waals surface area contributed by atoms with E-state index in [1.807, 2.05) is 30.3 Å². The van der Waals surface area contributed by atoms with Gasteiger partial charge in [-0.3, -0.25) is 4.79 Å². The number of anilines is 1. The maximum absolute atomic E-state index is 12.1. The molecule has 25 heavy (non-hydrogen) atoms. The number of carbonyl (C=O) groups is 1. The number of hydrogen-bond donors (Lipinski definition) is 2. The van der Waals surface area contributed by atoms with Gasteiger partial charge >= 0.3 is 0 Å². The van der Waals surface area contributed by atoms with Crippen molar-refractivity contribution in [3.05, 3.63) is 51.9 Å². The number of ether oxygens (including phenoxy) is 1. The van der Waals surface area contributed by atoms with Gasteiger partial charge in [0.1, 0.15) is 18.1 Å². The molecule has 0 saturated heterocycles. The average Bonchev–Trinajstić information content (AvgIpc) is 2.58. The zero-order valence-corrected chi connectivity index (χ0v) is 13.7. The molecule has 8 nitrogen and oxygen atoms in total. The molecule has 0 atom stereocenters. The molecule has 3 rings (SSSR count). The van der Waals surface area contributed by atoms with E-state index in [1.165, 1.54) is 6.92 Å². The van der Waals surface area contributed by atoms with Gasteiger partial charge in [0.15, 0.2) is 11.2 Å². The lowest BCUT2D eigenvalue weighted by atomic mass is 10.2. The van der Waals surface area contributed by atoms with Crippen LogP contribution in [0, 0.1) is 0 Å². The zero-order valence-electron chi connectivity index (χ0n) is 13.7. The standard InChI is InChI=1S/C17H17N5O3/c1-10(23)7-8-12-15(24)20-14-13(19-12)16(22-17(18)21-14)25-9-11-5-3-2-4-6-11/h2-6H,7-9H2,1H3,(H3,18,20,21,22,24). The van der Waals surface area contributed by atoms with Crippen molar-refractivity contribution in [2.45, 2.75) is 26.4 Å². The monoisotopic (exact) mass is 339 g/mol. The third kappa shape index (κ3) is 3.97. The first kappa shape index (κ1) is 16.6. The van der Waals surface area contributed by atoms with Gasteiger partial charge in [0.05, 0.1) is 0 Å². The van der Waals surface area contributed by atoms with E-state index < -0.39 is 5.56 Å². The minimum atomic E-state index is -0.402. The Morgan fingerprint density at radius 3 is 2.68 bits per heavy atom. The molecule has 0 radical (unpaired) electrons. The van der Waals surface area contributed by atoms with E-state index in [9.17, 15) is 9.59 Å². The molecular weight excluding hydrogens is 322 g/mol. The highest BCUT2D eigenvalue weighted by atomic mass is 16.5. The summed E-state index contributed by atoms with van der Waals surface area (Å²) in [5.74, 6) is 0.145. The summed E-state index contributed by atoms with van der Waals surface area (Å²) in [5.41, 5.74) is 6.98. The summed E-state index contributed by atoms with van der Waals surface area (Å²) in [6.45, 7) is 1.74. The lowest BCUT2D eigenvalue weighted by molar-refractivity contribution is -0.117. The minimum absolute atomic E-state index is 0.0181. The number of nitrogen functional groups attached to an aromatic ring is 1. The van der Waals surface area contributed by atoms with Crippen molar-refractivity contribution in [3.8, 4) is 5.88 Å². The topological polar surface area (TPSA) is 124 Å². The molecule has 128 valence electrons. The summed E-state index contributed by atoms with van der Waals surface area (Å²) in [4.78, 5) is 38.2. The van der Waals surface area contributed by atoms with Crippen LogP contribution in [0.5, 0.6) is 5.88 Å². The second-order valence-corrected chi connectivity index (χ2v) is 5.57. The Hall–Kier alpha value is -3.29. The van der Waals surface area contributed by atoms with Gasteiger partial charge < -0.3 is 20.2 Å². The van der Waals surface area contributed by atoms with Crippen molar-refractivity contribution < 1.29 is 9.53 Å². The fourth-order valence-corrected chi connectivity index (χ4v) is 2.29. The van der Waals surface area contributed by atoms with Gasteiger partial charge in [0.2, 0.25) is 11.8 Å². The molecule has 8 heteroatoms. The summed E-state index contributed by atoms with van der Waals surface area (Å²) >= 11 is 0. The predicted molar refractivity (Wildman–Crippen MR) is 92.1 cm³/mol. The first-order valence-corrected chi connectivity index (χ1v) is 7.75. The van der Waals surface area contributed by atoms with Gasteiger partial charge in [-0.05, 0) is 12.5 Å².